The molecule has 0 bridgehead atoms. The molecule has 2 aromatic heterocycles. The highest BCUT2D eigenvalue weighted by Gasteiger charge is 2.14. The topological polar surface area (TPSA) is 78.5 Å². The van der Waals surface area contributed by atoms with E-state index >= 15 is 0 Å². The molecule has 0 fully saturated rings. The van der Waals surface area contributed by atoms with Crippen molar-refractivity contribution < 1.29 is 0 Å². The zero-order chi connectivity index (χ0) is 18.6. The molecule has 136 valence electrons. The van der Waals surface area contributed by atoms with E-state index in [9.17, 15) is 4.79 Å². The summed E-state index contributed by atoms with van der Waals surface area (Å²) in [5.74, 6) is 1.22. The molecule has 0 unspecified atom stereocenters. The van der Waals surface area contributed by atoms with Crippen LogP contribution in [0.25, 0.3) is 16.6 Å². The van der Waals surface area contributed by atoms with E-state index in [-0.39, 0.29) is 5.56 Å². The summed E-state index contributed by atoms with van der Waals surface area (Å²) in [6, 6.07) is 17.2. The van der Waals surface area contributed by atoms with Gasteiger partial charge in [-0.1, -0.05) is 49.0 Å². The van der Waals surface area contributed by atoms with Crippen LogP contribution in [-0.2, 0) is 12.3 Å². The molecule has 27 heavy (non-hydrogen) atoms. The summed E-state index contributed by atoms with van der Waals surface area (Å²) in [5, 5.41) is 13.3. The minimum Gasteiger partial charge on any atom is -0.287 e. The Labute approximate surface area is 160 Å². The molecular formula is C19H18N6OS. The molecule has 4 rings (SSSR count). The average Bonchev–Trinajstić information content (AvgIpc) is 3.18. The number of benzene rings is 2. The Morgan fingerprint density at radius 2 is 1.81 bits per heavy atom. The fraction of sp³-hybridized carbons (Fsp3) is 0.211. The van der Waals surface area contributed by atoms with Gasteiger partial charge in [-0.25, -0.2) is 4.98 Å². The number of hydrogen-bond acceptors (Lipinski definition) is 6. The fourth-order valence-electron chi connectivity index (χ4n) is 2.87. The molecule has 0 atom stereocenters. The van der Waals surface area contributed by atoms with Crippen molar-refractivity contribution in [2.45, 2.75) is 30.8 Å². The lowest BCUT2D eigenvalue weighted by atomic mass is 10.2. The number of thioether (sulfide) groups is 1. The summed E-state index contributed by atoms with van der Waals surface area (Å²) in [5.41, 5.74) is 1.60. The Morgan fingerprint density at radius 3 is 2.63 bits per heavy atom. The highest BCUT2D eigenvalue weighted by atomic mass is 32.2. The lowest BCUT2D eigenvalue weighted by Gasteiger charge is -2.12. The quantitative estimate of drug-likeness (QED) is 0.379. The highest BCUT2D eigenvalue weighted by molar-refractivity contribution is 7.98. The van der Waals surface area contributed by atoms with Crippen LogP contribution >= 0.6 is 11.8 Å². The van der Waals surface area contributed by atoms with E-state index in [0.29, 0.717) is 34.2 Å². The van der Waals surface area contributed by atoms with E-state index in [0.717, 1.165) is 12.1 Å². The Morgan fingerprint density at radius 1 is 1.04 bits per heavy atom. The second-order valence-corrected chi connectivity index (χ2v) is 6.94. The first-order valence-corrected chi connectivity index (χ1v) is 9.71. The zero-order valence-corrected chi connectivity index (χ0v) is 15.6. The Bertz CT molecular complexity index is 1120. The molecule has 0 amide bonds. The highest BCUT2D eigenvalue weighted by Crippen LogP contribution is 2.22. The van der Waals surface area contributed by atoms with Gasteiger partial charge in [-0.05, 0) is 41.1 Å². The van der Waals surface area contributed by atoms with Crippen LogP contribution in [0.5, 0.6) is 0 Å². The minimum atomic E-state index is -0.00685. The molecule has 2 aromatic carbocycles. The van der Waals surface area contributed by atoms with Gasteiger partial charge in [0.05, 0.1) is 22.3 Å². The molecule has 2 heterocycles. The largest absolute Gasteiger partial charge is 0.287 e. The van der Waals surface area contributed by atoms with E-state index in [1.54, 1.807) is 9.25 Å². The first-order valence-electron chi connectivity index (χ1n) is 8.73. The van der Waals surface area contributed by atoms with Crippen LogP contribution in [0.1, 0.15) is 19.2 Å². The molecule has 0 N–H and O–H groups in total. The summed E-state index contributed by atoms with van der Waals surface area (Å²) in [6.45, 7) is 2.68. The molecule has 0 aliphatic heterocycles. The fourth-order valence-corrected chi connectivity index (χ4v) is 3.80. The predicted octanol–water partition coefficient (Wildman–Crippen LogP) is 3.07. The molecule has 4 aromatic rings. The number of fused-ring (bicyclic) bond motifs is 1. The first-order chi connectivity index (χ1) is 13.3. The first kappa shape index (κ1) is 17.4. The van der Waals surface area contributed by atoms with E-state index < -0.39 is 0 Å². The van der Waals surface area contributed by atoms with Crippen LogP contribution in [0.3, 0.4) is 0 Å². The summed E-state index contributed by atoms with van der Waals surface area (Å²) in [6.07, 6.45) is 0.856. The molecule has 0 aliphatic carbocycles. The van der Waals surface area contributed by atoms with Gasteiger partial charge in [-0.3, -0.25) is 9.36 Å². The maximum atomic E-state index is 12.9. The summed E-state index contributed by atoms with van der Waals surface area (Å²) >= 11 is 1.47. The number of aromatic nitrogens is 6. The predicted molar refractivity (Wildman–Crippen MR) is 105 cm³/mol. The van der Waals surface area contributed by atoms with Crippen molar-refractivity contribution in [2.24, 2.45) is 0 Å². The average molecular weight is 378 g/mol. The lowest BCUT2D eigenvalue weighted by molar-refractivity contribution is 0.584. The zero-order valence-electron chi connectivity index (χ0n) is 14.8. The Hall–Kier alpha value is -3.00. The van der Waals surface area contributed by atoms with Gasteiger partial charge in [0.2, 0.25) is 0 Å². The normalized spacial score (nSPS) is 11.1. The standard InChI is InChI=1S/C19H18N6OS/c1-2-12-24-18(26)15-10-6-7-11-16(15)20-19(24)27-13-17-21-22-23-25(17)14-8-4-3-5-9-14/h3-11H,2,12-13H2,1H3. The molecule has 8 heteroatoms. The smallest absolute Gasteiger partial charge is 0.262 e. The minimum absolute atomic E-state index is 0.00685. The van der Waals surface area contributed by atoms with Gasteiger partial charge in [-0.15, -0.1) is 5.10 Å². The van der Waals surface area contributed by atoms with Crippen LogP contribution in [0.15, 0.2) is 64.5 Å². The molecule has 0 spiro atoms. The van der Waals surface area contributed by atoms with E-state index in [4.69, 9.17) is 4.98 Å². The van der Waals surface area contributed by atoms with Gasteiger partial charge < -0.3 is 0 Å². The lowest BCUT2D eigenvalue weighted by Crippen LogP contribution is -2.23. The van der Waals surface area contributed by atoms with Gasteiger partial charge in [0.25, 0.3) is 5.56 Å². The van der Waals surface area contributed by atoms with Crippen molar-refractivity contribution in [2.75, 3.05) is 0 Å². The van der Waals surface area contributed by atoms with Gasteiger partial charge in [0.1, 0.15) is 0 Å². The molecule has 0 radical (unpaired) electrons. The maximum Gasteiger partial charge on any atom is 0.262 e. The molecular weight excluding hydrogens is 360 g/mol. The van der Waals surface area contributed by atoms with Crippen LogP contribution in [-0.4, -0.2) is 29.8 Å². The van der Waals surface area contributed by atoms with Crippen molar-refractivity contribution in [3.05, 3.63) is 70.8 Å². The molecule has 0 saturated carbocycles. The SMILES string of the molecule is CCCn1c(SCc2nnnn2-c2ccccc2)nc2ccccc2c1=O. The summed E-state index contributed by atoms with van der Waals surface area (Å²) < 4.78 is 3.44. The van der Waals surface area contributed by atoms with E-state index in [1.807, 2.05) is 61.5 Å². The third-order valence-electron chi connectivity index (χ3n) is 4.14. The molecule has 0 saturated heterocycles. The molecule has 0 aliphatic rings. The third-order valence-corrected chi connectivity index (χ3v) is 5.11. The van der Waals surface area contributed by atoms with E-state index in [2.05, 4.69) is 15.5 Å². The summed E-state index contributed by atoms with van der Waals surface area (Å²) in [7, 11) is 0. The van der Waals surface area contributed by atoms with Crippen molar-refractivity contribution in [3.8, 4) is 5.69 Å². The van der Waals surface area contributed by atoms with Crippen LogP contribution < -0.4 is 5.56 Å². The number of hydrogen-bond donors (Lipinski definition) is 0. The maximum absolute atomic E-state index is 12.9. The van der Waals surface area contributed by atoms with E-state index in [1.165, 1.54) is 11.8 Å². The van der Waals surface area contributed by atoms with Crippen LogP contribution in [0, 0.1) is 0 Å². The van der Waals surface area contributed by atoms with Gasteiger partial charge in [-0.2, -0.15) is 4.68 Å². The number of tetrazole rings is 1. The van der Waals surface area contributed by atoms with Crippen molar-refractivity contribution in [1.29, 1.82) is 0 Å². The Kier molecular flexibility index (Phi) is 4.97. The van der Waals surface area contributed by atoms with Gasteiger partial charge >= 0.3 is 0 Å². The Balaban J connectivity index is 1.68. The van der Waals surface area contributed by atoms with Crippen molar-refractivity contribution >= 4 is 22.7 Å². The third kappa shape index (κ3) is 3.48. The second-order valence-electron chi connectivity index (χ2n) is 6.00. The van der Waals surface area contributed by atoms with Crippen LogP contribution in [0.2, 0.25) is 0 Å². The monoisotopic (exact) mass is 378 g/mol. The van der Waals surface area contributed by atoms with Gasteiger partial charge in [0.15, 0.2) is 11.0 Å². The van der Waals surface area contributed by atoms with Crippen molar-refractivity contribution in [3.63, 3.8) is 0 Å². The number of nitrogens with zero attached hydrogens (tertiary/aromatic N) is 6. The number of rotatable bonds is 6. The number of para-hydroxylation sites is 2. The van der Waals surface area contributed by atoms with Crippen LogP contribution in [0.4, 0.5) is 0 Å². The van der Waals surface area contributed by atoms with Gasteiger partial charge in [0, 0.05) is 6.54 Å². The second kappa shape index (κ2) is 7.71. The summed E-state index contributed by atoms with van der Waals surface area (Å²) in [4.78, 5) is 17.6. The molecule has 7 nitrogen and oxygen atoms in total. The van der Waals surface area contributed by atoms with Crippen molar-refractivity contribution in [1.82, 2.24) is 29.8 Å².